The minimum Gasteiger partial charge on any atom is -0.309 e. The van der Waals surface area contributed by atoms with E-state index in [1.807, 2.05) is 36.4 Å². The van der Waals surface area contributed by atoms with E-state index in [-0.39, 0.29) is 5.41 Å². The van der Waals surface area contributed by atoms with Gasteiger partial charge in [-0.15, -0.1) is 11.3 Å². The number of fused-ring (bicyclic) bond motifs is 9. The summed E-state index contributed by atoms with van der Waals surface area (Å²) in [6, 6.07) is 56.4. The molecule has 4 nitrogen and oxygen atoms in total. The molecule has 1 aliphatic rings. The van der Waals surface area contributed by atoms with Gasteiger partial charge in [0.05, 0.1) is 11.0 Å². The Labute approximate surface area is 310 Å². The molecule has 53 heavy (non-hydrogen) atoms. The van der Waals surface area contributed by atoms with E-state index in [9.17, 15) is 0 Å². The summed E-state index contributed by atoms with van der Waals surface area (Å²) in [6.45, 7) is 4.71. The van der Waals surface area contributed by atoms with Gasteiger partial charge in [0.1, 0.15) is 0 Å². The van der Waals surface area contributed by atoms with Gasteiger partial charge in [0.15, 0.2) is 17.5 Å². The molecule has 1 aliphatic carbocycles. The van der Waals surface area contributed by atoms with Crippen LogP contribution in [0.4, 0.5) is 0 Å². The van der Waals surface area contributed by atoms with Gasteiger partial charge in [-0.3, -0.25) is 0 Å². The Morgan fingerprint density at radius 3 is 1.87 bits per heavy atom. The highest BCUT2D eigenvalue weighted by atomic mass is 32.1. The lowest BCUT2D eigenvalue weighted by atomic mass is 9.82. The standard InChI is InChI=1S/C48H32N4S/c1-48(2)39-22-11-9-18-32(39)36-27-37-33-19-10-12-23-41(33)52(42(37)28-40(36)48)31-24-25-43-38(26-31)34-20-13-21-35(44(34)53-43)47-50-45(29-14-5-3-6-15-29)49-46(51-47)30-16-7-4-8-17-30/h3-28H,1-2H3. The molecule has 0 bridgehead atoms. The highest BCUT2D eigenvalue weighted by Gasteiger charge is 2.36. The van der Waals surface area contributed by atoms with Crippen molar-refractivity contribution in [3.63, 3.8) is 0 Å². The molecule has 0 amide bonds. The fraction of sp³-hybridized carbons (Fsp3) is 0.0625. The molecule has 5 heteroatoms. The summed E-state index contributed by atoms with van der Waals surface area (Å²) >= 11 is 1.80. The molecular formula is C48H32N4S. The van der Waals surface area contributed by atoms with E-state index >= 15 is 0 Å². The van der Waals surface area contributed by atoms with Crippen LogP contribution in [0.1, 0.15) is 25.0 Å². The number of aromatic nitrogens is 4. The van der Waals surface area contributed by atoms with Gasteiger partial charge in [-0.05, 0) is 64.7 Å². The van der Waals surface area contributed by atoms with Gasteiger partial charge in [-0.25, -0.2) is 15.0 Å². The van der Waals surface area contributed by atoms with Crippen molar-refractivity contribution < 1.29 is 0 Å². The fourth-order valence-electron chi connectivity index (χ4n) is 8.47. The van der Waals surface area contributed by atoms with Crippen molar-refractivity contribution in [3.05, 3.63) is 169 Å². The molecule has 7 aromatic carbocycles. The molecule has 11 rings (SSSR count). The van der Waals surface area contributed by atoms with Crippen LogP contribution in [0.25, 0.3) is 93.0 Å². The van der Waals surface area contributed by atoms with E-state index in [0.29, 0.717) is 17.5 Å². The molecule has 0 unspecified atom stereocenters. The van der Waals surface area contributed by atoms with Gasteiger partial charge in [0.25, 0.3) is 0 Å². The smallest absolute Gasteiger partial charge is 0.165 e. The number of rotatable bonds is 4. The minimum atomic E-state index is -0.0822. The monoisotopic (exact) mass is 696 g/mol. The van der Waals surface area contributed by atoms with Crippen LogP contribution < -0.4 is 0 Å². The molecule has 0 saturated carbocycles. The van der Waals surface area contributed by atoms with Crippen LogP contribution in [-0.2, 0) is 5.41 Å². The van der Waals surface area contributed by atoms with Crippen LogP contribution in [0.5, 0.6) is 0 Å². The molecular weight excluding hydrogens is 665 g/mol. The molecule has 0 aliphatic heterocycles. The lowest BCUT2D eigenvalue weighted by Crippen LogP contribution is -2.14. The van der Waals surface area contributed by atoms with E-state index in [1.54, 1.807) is 11.3 Å². The first-order valence-corrected chi connectivity index (χ1v) is 18.9. The highest BCUT2D eigenvalue weighted by molar-refractivity contribution is 7.26. The van der Waals surface area contributed by atoms with Gasteiger partial charge in [-0.2, -0.15) is 0 Å². The maximum atomic E-state index is 5.08. The van der Waals surface area contributed by atoms with Gasteiger partial charge >= 0.3 is 0 Å². The van der Waals surface area contributed by atoms with E-state index in [1.165, 1.54) is 64.2 Å². The summed E-state index contributed by atoms with van der Waals surface area (Å²) in [7, 11) is 0. The second kappa shape index (κ2) is 11.3. The van der Waals surface area contributed by atoms with E-state index < -0.39 is 0 Å². The zero-order valence-electron chi connectivity index (χ0n) is 29.2. The SMILES string of the molecule is CC1(C)c2ccccc2-c2cc3c4ccccc4n(-c4ccc5sc6c(-c7nc(-c8ccccc8)nc(-c8ccccc8)n7)cccc6c5c4)c3cc21. The molecule has 10 aromatic rings. The summed E-state index contributed by atoms with van der Waals surface area (Å²) in [6.07, 6.45) is 0. The van der Waals surface area contributed by atoms with Gasteiger partial charge in [-0.1, -0.05) is 129 Å². The molecule has 0 N–H and O–H groups in total. The lowest BCUT2D eigenvalue weighted by Gasteiger charge is -2.21. The second-order valence-electron chi connectivity index (χ2n) is 14.4. The van der Waals surface area contributed by atoms with Crippen LogP contribution >= 0.6 is 11.3 Å². The zero-order chi connectivity index (χ0) is 35.3. The number of thiophene rings is 1. The Kier molecular flexibility index (Phi) is 6.43. The molecule has 0 radical (unpaired) electrons. The van der Waals surface area contributed by atoms with Gasteiger partial charge < -0.3 is 4.57 Å². The van der Waals surface area contributed by atoms with Crippen molar-refractivity contribution in [1.82, 2.24) is 19.5 Å². The van der Waals surface area contributed by atoms with Gasteiger partial charge in [0, 0.05) is 58.7 Å². The quantitative estimate of drug-likeness (QED) is 0.184. The lowest BCUT2D eigenvalue weighted by molar-refractivity contribution is 0.661. The Morgan fingerprint density at radius 1 is 0.453 bits per heavy atom. The number of benzene rings is 7. The average molecular weight is 697 g/mol. The number of nitrogens with zero attached hydrogens (tertiary/aromatic N) is 4. The van der Waals surface area contributed by atoms with Gasteiger partial charge in [0.2, 0.25) is 0 Å². The summed E-state index contributed by atoms with van der Waals surface area (Å²) < 4.78 is 4.86. The van der Waals surface area contributed by atoms with Crippen molar-refractivity contribution in [3.8, 4) is 51.0 Å². The van der Waals surface area contributed by atoms with E-state index in [0.717, 1.165) is 22.4 Å². The van der Waals surface area contributed by atoms with Crippen LogP contribution in [0.3, 0.4) is 0 Å². The van der Waals surface area contributed by atoms with Crippen molar-refractivity contribution in [2.24, 2.45) is 0 Å². The summed E-state index contributed by atoms with van der Waals surface area (Å²) in [5, 5.41) is 4.97. The summed E-state index contributed by atoms with van der Waals surface area (Å²) in [5.41, 5.74) is 11.9. The second-order valence-corrected chi connectivity index (χ2v) is 15.5. The summed E-state index contributed by atoms with van der Waals surface area (Å²) in [5.74, 6) is 2.01. The topological polar surface area (TPSA) is 43.6 Å². The van der Waals surface area contributed by atoms with Crippen molar-refractivity contribution in [2.45, 2.75) is 19.3 Å². The summed E-state index contributed by atoms with van der Waals surface area (Å²) in [4.78, 5) is 15.1. The average Bonchev–Trinajstić information content (AvgIpc) is 3.82. The third-order valence-corrected chi connectivity index (χ3v) is 12.3. The molecule has 3 aromatic heterocycles. The van der Waals surface area contributed by atoms with Crippen LogP contribution in [0, 0.1) is 0 Å². The molecule has 3 heterocycles. The maximum absolute atomic E-state index is 5.08. The normalized spacial score (nSPS) is 13.2. The van der Waals surface area contributed by atoms with E-state index in [4.69, 9.17) is 15.0 Å². The Hall–Kier alpha value is -6.43. The van der Waals surface area contributed by atoms with Crippen LogP contribution in [0.15, 0.2) is 158 Å². The molecule has 0 saturated heterocycles. The number of para-hydroxylation sites is 1. The highest BCUT2D eigenvalue weighted by Crippen LogP contribution is 2.51. The van der Waals surface area contributed by atoms with E-state index in [2.05, 4.69) is 140 Å². The molecule has 0 spiro atoms. The van der Waals surface area contributed by atoms with Crippen molar-refractivity contribution >= 4 is 53.3 Å². The Morgan fingerprint density at radius 2 is 1.09 bits per heavy atom. The number of hydrogen-bond acceptors (Lipinski definition) is 4. The maximum Gasteiger partial charge on any atom is 0.165 e. The largest absolute Gasteiger partial charge is 0.309 e. The van der Waals surface area contributed by atoms with Crippen molar-refractivity contribution in [1.29, 1.82) is 0 Å². The molecule has 0 atom stereocenters. The third-order valence-electron chi connectivity index (χ3n) is 11.1. The predicted molar refractivity (Wildman–Crippen MR) is 221 cm³/mol. The Balaban J connectivity index is 1.12. The predicted octanol–water partition coefficient (Wildman–Crippen LogP) is 12.6. The molecule has 250 valence electrons. The Bertz CT molecular complexity index is 3020. The first-order valence-electron chi connectivity index (χ1n) is 18.0. The third kappa shape index (κ3) is 4.51. The minimum absolute atomic E-state index is 0.0822. The first kappa shape index (κ1) is 30.2. The molecule has 0 fully saturated rings. The van der Waals surface area contributed by atoms with Crippen molar-refractivity contribution in [2.75, 3.05) is 0 Å². The fourth-order valence-corrected chi connectivity index (χ4v) is 9.66. The first-order chi connectivity index (χ1) is 26.0. The zero-order valence-corrected chi connectivity index (χ0v) is 30.0. The number of hydrogen-bond donors (Lipinski definition) is 0. The van der Waals surface area contributed by atoms with Crippen LogP contribution in [-0.4, -0.2) is 19.5 Å². The van der Waals surface area contributed by atoms with Crippen LogP contribution in [0.2, 0.25) is 0 Å².